The van der Waals surface area contributed by atoms with Gasteiger partial charge in [-0.05, 0) is 33.3 Å². The molecule has 0 N–H and O–H groups in total. The fraction of sp³-hybridized carbons (Fsp3) is 0.474. The van der Waals surface area contributed by atoms with E-state index in [0.29, 0.717) is 19.4 Å². The van der Waals surface area contributed by atoms with E-state index in [0.717, 1.165) is 5.56 Å². The van der Waals surface area contributed by atoms with Crippen molar-refractivity contribution in [2.75, 3.05) is 6.54 Å². The van der Waals surface area contributed by atoms with Gasteiger partial charge in [0, 0.05) is 19.4 Å². The van der Waals surface area contributed by atoms with Crippen molar-refractivity contribution in [2.24, 2.45) is 0 Å². The van der Waals surface area contributed by atoms with Crippen LogP contribution in [-0.4, -0.2) is 28.9 Å². The maximum atomic E-state index is 12.4. The molecule has 0 unspecified atom stereocenters. The lowest BCUT2D eigenvalue weighted by molar-refractivity contribution is -0.120. The van der Waals surface area contributed by atoms with Crippen molar-refractivity contribution in [3.63, 3.8) is 0 Å². The van der Waals surface area contributed by atoms with Crippen molar-refractivity contribution in [1.82, 2.24) is 4.90 Å². The molecule has 0 fully saturated rings. The summed E-state index contributed by atoms with van der Waals surface area (Å²) in [5, 5.41) is 0. The molecule has 0 aliphatic heterocycles. The van der Waals surface area contributed by atoms with Gasteiger partial charge in [0.1, 0.15) is 5.60 Å². The SMILES string of the molecule is CC#CCCC(=O)CN(Cc1ccccc1)C(=O)OC(C)(C)C. The van der Waals surface area contributed by atoms with Crippen LogP contribution in [0.5, 0.6) is 0 Å². The van der Waals surface area contributed by atoms with Gasteiger partial charge in [-0.2, -0.15) is 0 Å². The molecule has 1 aromatic carbocycles. The molecule has 0 radical (unpaired) electrons. The van der Waals surface area contributed by atoms with Crippen molar-refractivity contribution in [2.45, 2.75) is 52.7 Å². The minimum Gasteiger partial charge on any atom is -0.444 e. The summed E-state index contributed by atoms with van der Waals surface area (Å²) in [4.78, 5) is 25.9. The van der Waals surface area contributed by atoms with E-state index in [1.165, 1.54) is 4.90 Å². The Bertz CT molecular complexity index is 576. The lowest BCUT2D eigenvalue weighted by Crippen LogP contribution is -2.39. The van der Waals surface area contributed by atoms with Gasteiger partial charge in [0.25, 0.3) is 0 Å². The van der Waals surface area contributed by atoms with E-state index in [-0.39, 0.29) is 12.3 Å². The molecule has 0 heterocycles. The normalized spacial score (nSPS) is 10.4. The van der Waals surface area contributed by atoms with Gasteiger partial charge in [0.15, 0.2) is 5.78 Å². The fourth-order valence-electron chi connectivity index (χ4n) is 1.93. The summed E-state index contributed by atoms with van der Waals surface area (Å²) >= 11 is 0. The zero-order valence-electron chi connectivity index (χ0n) is 14.4. The Hall–Kier alpha value is -2.28. The minimum absolute atomic E-state index is 0.0189. The molecular formula is C19H25NO3. The molecule has 0 aliphatic carbocycles. The van der Waals surface area contributed by atoms with Crippen molar-refractivity contribution in [3.8, 4) is 11.8 Å². The lowest BCUT2D eigenvalue weighted by Gasteiger charge is -2.27. The summed E-state index contributed by atoms with van der Waals surface area (Å²) in [6.45, 7) is 7.56. The number of amides is 1. The van der Waals surface area contributed by atoms with Gasteiger partial charge in [-0.3, -0.25) is 9.69 Å². The summed E-state index contributed by atoms with van der Waals surface area (Å²) in [5.74, 6) is 5.61. The van der Waals surface area contributed by atoms with Crippen LogP contribution in [0.3, 0.4) is 0 Å². The second-order valence-electron chi connectivity index (χ2n) is 6.29. The van der Waals surface area contributed by atoms with Crippen LogP contribution in [0.4, 0.5) is 4.79 Å². The number of rotatable bonds is 6. The number of hydrogen-bond acceptors (Lipinski definition) is 3. The van der Waals surface area contributed by atoms with Gasteiger partial charge < -0.3 is 4.74 Å². The number of ether oxygens (including phenoxy) is 1. The van der Waals surface area contributed by atoms with Crippen LogP contribution in [0.25, 0.3) is 0 Å². The summed E-state index contributed by atoms with van der Waals surface area (Å²) in [7, 11) is 0. The predicted molar refractivity (Wildman–Crippen MR) is 90.8 cm³/mol. The lowest BCUT2D eigenvalue weighted by atomic mass is 10.1. The number of Topliss-reactive ketones (excluding diaryl/α,β-unsaturated/α-hetero) is 1. The first-order valence-corrected chi connectivity index (χ1v) is 7.75. The highest BCUT2D eigenvalue weighted by Crippen LogP contribution is 2.13. The number of nitrogens with zero attached hydrogens (tertiary/aromatic N) is 1. The Morgan fingerprint density at radius 1 is 1.17 bits per heavy atom. The molecule has 1 amide bonds. The average molecular weight is 315 g/mol. The van der Waals surface area contributed by atoms with Gasteiger partial charge in [-0.1, -0.05) is 30.3 Å². The molecule has 1 aromatic rings. The van der Waals surface area contributed by atoms with Gasteiger partial charge in [0.05, 0.1) is 6.54 Å². The van der Waals surface area contributed by atoms with Crippen LogP contribution in [-0.2, 0) is 16.1 Å². The van der Waals surface area contributed by atoms with Gasteiger partial charge >= 0.3 is 6.09 Å². The Kier molecular flexibility index (Phi) is 7.34. The number of carbonyl (C=O) groups excluding carboxylic acids is 2. The molecule has 124 valence electrons. The largest absolute Gasteiger partial charge is 0.444 e. The van der Waals surface area contributed by atoms with Crippen molar-refractivity contribution in [3.05, 3.63) is 35.9 Å². The van der Waals surface area contributed by atoms with Crippen LogP contribution in [0, 0.1) is 11.8 Å². The van der Waals surface area contributed by atoms with Crippen molar-refractivity contribution in [1.29, 1.82) is 0 Å². The van der Waals surface area contributed by atoms with Crippen molar-refractivity contribution < 1.29 is 14.3 Å². The van der Waals surface area contributed by atoms with Gasteiger partial charge in [0.2, 0.25) is 0 Å². The highest BCUT2D eigenvalue weighted by molar-refractivity contribution is 5.84. The topological polar surface area (TPSA) is 46.6 Å². The molecule has 0 aliphatic rings. The highest BCUT2D eigenvalue weighted by atomic mass is 16.6. The standard InChI is InChI=1S/C19H25NO3/c1-5-6-8-13-17(21)15-20(18(22)23-19(2,3)4)14-16-11-9-7-10-12-16/h7,9-12H,8,13-15H2,1-4H3. The number of benzene rings is 1. The number of hydrogen-bond donors (Lipinski definition) is 0. The Balaban J connectivity index is 2.76. The molecule has 0 bridgehead atoms. The first kappa shape index (κ1) is 18.8. The third-order valence-corrected chi connectivity index (χ3v) is 2.94. The average Bonchev–Trinajstić information content (AvgIpc) is 2.46. The van der Waals surface area contributed by atoms with Crippen molar-refractivity contribution >= 4 is 11.9 Å². The van der Waals surface area contributed by atoms with Gasteiger partial charge in [-0.25, -0.2) is 4.79 Å². The zero-order valence-corrected chi connectivity index (χ0v) is 14.4. The molecule has 0 saturated carbocycles. The Morgan fingerprint density at radius 2 is 1.83 bits per heavy atom. The van der Waals surface area contributed by atoms with Crippen LogP contribution in [0.1, 0.15) is 46.1 Å². The van der Waals surface area contributed by atoms with Crippen LogP contribution < -0.4 is 0 Å². The molecule has 0 spiro atoms. The van der Waals surface area contributed by atoms with E-state index >= 15 is 0 Å². The monoisotopic (exact) mass is 315 g/mol. The van der Waals surface area contributed by atoms with E-state index in [1.54, 1.807) is 6.92 Å². The molecule has 1 rings (SSSR count). The quantitative estimate of drug-likeness (QED) is 0.750. The third kappa shape index (κ3) is 8.06. The summed E-state index contributed by atoms with van der Waals surface area (Å²) in [5.41, 5.74) is 0.363. The predicted octanol–water partition coefficient (Wildman–Crippen LogP) is 3.80. The van der Waals surface area contributed by atoms with Crippen LogP contribution in [0.15, 0.2) is 30.3 Å². The van der Waals surface area contributed by atoms with Crippen LogP contribution in [0.2, 0.25) is 0 Å². The van der Waals surface area contributed by atoms with E-state index < -0.39 is 11.7 Å². The highest BCUT2D eigenvalue weighted by Gasteiger charge is 2.23. The first-order chi connectivity index (χ1) is 10.8. The van der Waals surface area contributed by atoms with E-state index in [1.807, 2.05) is 51.1 Å². The van der Waals surface area contributed by atoms with E-state index in [4.69, 9.17) is 4.74 Å². The molecule has 4 heteroatoms. The second kappa shape index (κ2) is 8.99. The molecule has 0 aromatic heterocycles. The molecule has 23 heavy (non-hydrogen) atoms. The second-order valence-corrected chi connectivity index (χ2v) is 6.29. The fourth-order valence-corrected chi connectivity index (χ4v) is 1.93. The first-order valence-electron chi connectivity index (χ1n) is 7.75. The van der Waals surface area contributed by atoms with Crippen LogP contribution >= 0.6 is 0 Å². The Labute approximate surface area is 138 Å². The molecular weight excluding hydrogens is 290 g/mol. The summed E-state index contributed by atoms with van der Waals surface area (Å²) < 4.78 is 5.41. The number of carbonyl (C=O) groups is 2. The molecule has 4 nitrogen and oxygen atoms in total. The summed E-state index contributed by atoms with van der Waals surface area (Å²) in [6, 6.07) is 9.56. The molecule has 0 atom stereocenters. The van der Waals surface area contributed by atoms with E-state index in [9.17, 15) is 9.59 Å². The Morgan fingerprint density at radius 3 is 2.39 bits per heavy atom. The minimum atomic E-state index is -0.594. The molecule has 0 saturated heterocycles. The number of ketones is 1. The van der Waals surface area contributed by atoms with E-state index in [2.05, 4.69) is 11.8 Å². The smallest absolute Gasteiger partial charge is 0.410 e. The zero-order chi connectivity index (χ0) is 17.3. The summed E-state index contributed by atoms with van der Waals surface area (Å²) in [6.07, 6.45) is 0.383. The third-order valence-electron chi connectivity index (χ3n) is 2.94. The maximum Gasteiger partial charge on any atom is 0.410 e. The van der Waals surface area contributed by atoms with Gasteiger partial charge in [-0.15, -0.1) is 11.8 Å². The maximum absolute atomic E-state index is 12.4.